The van der Waals surface area contributed by atoms with Crippen LogP contribution in [-0.4, -0.2) is 47.5 Å². The van der Waals surface area contributed by atoms with Crippen molar-refractivity contribution < 1.29 is 18.0 Å². The molecular formula is C39H32F3N5O. The third kappa shape index (κ3) is 6.35. The van der Waals surface area contributed by atoms with Gasteiger partial charge in [0.05, 0.1) is 29.2 Å². The first-order valence-corrected chi connectivity index (χ1v) is 15.2. The van der Waals surface area contributed by atoms with Crippen LogP contribution in [0.3, 0.4) is 0 Å². The second-order valence-corrected chi connectivity index (χ2v) is 11.3. The number of halogens is 3. The van der Waals surface area contributed by atoms with E-state index in [9.17, 15) is 13.6 Å². The molecule has 0 aliphatic carbocycles. The number of aliphatic imine (C=N–C) groups is 1. The van der Waals surface area contributed by atoms with Crippen molar-refractivity contribution in [1.82, 2.24) is 14.3 Å². The molecule has 240 valence electrons. The van der Waals surface area contributed by atoms with Crippen molar-refractivity contribution in [3.8, 4) is 11.3 Å². The molecule has 0 spiro atoms. The van der Waals surface area contributed by atoms with Crippen LogP contribution in [0.25, 0.3) is 22.5 Å². The maximum absolute atomic E-state index is 15.5. The summed E-state index contributed by atoms with van der Waals surface area (Å²) in [7, 11) is 5.01. The van der Waals surface area contributed by atoms with E-state index in [0.29, 0.717) is 16.9 Å². The van der Waals surface area contributed by atoms with Crippen LogP contribution in [0.4, 0.5) is 18.9 Å². The molecular weight excluding hydrogens is 611 g/mol. The van der Waals surface area contributed by atoms with Crippen LogP contribution in [-0.2, 0) is 0 Å². The van der Waals surface area contributed by atoms with Crippen molar-refractivity contribution in [2.45, 2.75) is 6.04 Å². The Bertz CT molecular complexity index is 2100. The quantitative estimate of drug-likeness (QED) is 0.149. The third-order valence-corrected chi connectivity index (χ3v) is 8.18. The van der Waals surface area contributed by atoms with Gasteiger partial charge in [0.2, 0.25) is 0 Å². The lowest BCUT2D eigenvalue weighted by molar-refractivity contribution is 0.0988. The van der Waals surface area contributed by atoms with E-state index in [1.807, 2.05) is 72.4 Å². The first kappa shape index (κ1) is 32.0. The maximum atomic E-state index is 15.5. The molecule has 0 aliphatic rings. The van der Waals surface area contributed by atoms with Crippen molar-refractivity contribution in [3.05, 3.63) is 167 Å². The Morgan fingerprint density at radius 3 is 2.17 bits per heavy atom. The summed E-state index contributed by atoms with van der Waals surface area (Å²) in [5.74, 6) is -3.90. The molecule has 0 unspecified atom stereocenters. The van der Waals surface area contributed by atoms with Crippen LogP contribution in [0.1, 0.15) is 33.1 Å². The number of carbonyl (C=O) groups is 1. The molecule has 0 saturated heterocycles. The Kier molecular flexibility index (Phi) is 9.20. The maximum Gasteiger partial charge on any atom is 0.261 e. The Morgan fingerprint density at radius 1 is 0.833 bits per heavy atom. The molecule has 9 heteroatoms. The number of anilines is 1. The summed E-state index contributed by atoms with van der Waals surface area (Å²) in [6, 6.07) is 32.0. The number of rotatable bonds is 9. The van der Waals surface area contributed by atoms with Crippen LogP contribution in [0.5, 0.6) is 0 Å². The summed E-state index contributed by atoms with van der Waals surface area (Å²) >= 11 is 0. The Morgan fingerprint density at radius 2 is 1.52 bits per heavy atom. The van der Waals surface area contributed by atoms with Gasteiger partial charge in [-0.05, 0) is 47.5 Å². The summed E-state index contributed by atoms with van der Waals surface area (Å²) < 4.78 is 45.4. The second-order valence-electron chi connectivity index (χ2n) is 11.3. The molecule has 0 aliphatic heterocycles. The first-order chi connectivity index (χ1) is 23.3. The predicted octanol–water partition coefficient (Wildman–Crippen LogP) is 8.46. The highest BCUT2D eigenvalue weighted by atomic mass is 19.2. The fourth-order valence-electron chi connectivity index (χ4n) is 5.80. The summed E-state index contributed by atoms with van der Waals surface area (Å²) in [5, 5.41) is 0. The van der Waals surface area contributed by atoms with Gasteiger partial charge in [-0.15, -0.1) is 0 Å². The molecule has 0 fully saturated rings. The smallest absolute Gasteiger partial charge is 0.261 e. The van der Waals surface area contributed by atoms with Crippen LogP contribution in [0, 0.1) is 17.5 Å². The normalized spacial score (nSPS) is 11.9. The molecule has 6 nitrogen and oxygen atoms in total. The van der Waals surface area contributed by atoms with Crippen LogP contribution < -0.4 is 4.90 Å². The van der Waals surface area contributed by atoms with Gasteiger partial charge < -0.3 is 9.80 Å². The number of allylic oxidation sites excluding steroid dienone is 1. The van der Waals surface area contributed by atoms with Gasteiger partial charge in [0, 0.05) is 56.5 Å². The van der Waals surface area contributed by atoms with E-state index in [-0.39, 0.29) is 17.3 Å². The van der Waals surface area contributed by atoms with E-state index in [2.05, 4.69) is 39.1 Å². The molecule has 6 rings (SSSR count). The highest BCUT2D eigenvalue weighted by Gasteiger charge is 2.23. The molecule has 0 saturated carbocycles. The van der Waals surface area contributed by atoms with Gasteiger partial charge in [0.1, 0.15) is 11.5 Å². The molecule has 6 aromatic rings. The molecule has 2 heterocycles. The SMILES string of the molecule is CN=C/C(=C\N(C)C(c1ccccc1)c1ccccc1)c1ccc2ncc(-c3ccc(C(=O)N(C)c4cccc(F)c4F)c(F)c3)n2c1. The predicted molar refractivity (Wildman–Crippen MR) is 185 cm³/mol. The number of amides is 1. The number of benzene rings is 4. The molecule has 0 radical (unpaired) electrons. The number of carbonyl (C=O) groups excluding carboxylic acids is 1. The topological polar surface area (TPSA) is 53.2 Å². The molecule has 1 amide bonds. The van der Waals surface area contributed by atoms with Crippen LogP contribution in [0.15, 0.2) is 133 Å². The number of nitrogens with zero attached hydrogens (tertiary/aromatic N) is 5. The minimum absolute atomic E-state index is 0.0548. The van der Waals surface area contributed by atoms with E-state index in [1.54, 1.807) is 25.5 Å². The second kappa shape index (κ2) is 13.8. The fraction of sp³-hybridized carbons (Fsp3) is 0.103. The Balaban J connectivity index is 1.34. The summed E-state index contributed by atoms with van der Waals surface area (Å²) in [6.07, 6.45) is 7.39. The van der Waals surface area contributed by atoms with Crippen LogP contribution >= 0.6 is 0 Å². The zero-order valence-corrected chi connectivity index (χ0v) is 26.6. The minimum Gasteiger partial charge on any atom is -0.369 e. The van der Waals surface area contributed by atoms with Gasteiger partial charge in [0.25, 0.3) is 5.91 Å². The summed E-state index contributed by atoms with van der Waals surface area (Å²) in [6.45, 7) is 0. The summed E-state index contributed by atoms with van der Waals surface area (Å²) in [4.78, 5) is 25.0. The number of pyridine rings is 1. The van der Waals surface area contributed by atoms with Gasteiger partial charge in [0.15, 0.2) is 11.6 Å². The number of hydrogen-bond acceptors (Lipinski definition) is 4. The molecule has 4 aromatic carbocycles. The third-order valence-electron chi connectivity index (χ3n) is 8.18. The van der Waals surface area contributed by atoms with E-state index < -0.39 is 23.4 Å². The average Bonchev–Trinajstić information content (AvgIpc) is 3.53. The molecule has 0 N–H and O–H groups in total. The molecule has 2 aromatic heterocycles. The lowest BCUT2D eigenvalue weighted by Gasteiger charge is -2.29. The van der Waals surface area contributed by atoms with E-state index in [0.717, 1.165) is 33.2 Å². The largest absolute Gasteiger partial charge is 0.369 e. The van der Waals surface area contributed by atoms with Crippen molar-refractivity contribution in [1.29, 1.82) is 0 Å². The van der Waals surface area contributed by atoms with Gasteiger partial charge in [-0.2, -0.15) is 0 Å². The van der Waals surface area contributed by atoms with Crippen molar-refractivity contribution in [2.75, 3.05) is 26.0 Å². The van der Waals surface area contributed by atoms with Gasteiger partial charge in [-0.1, -0.05) is 72.8 Å². The van der Waals surface area contributed by atoms with Crippen molar-refractivity contribution >= 4 is 29.0 Å². The standard InChI is InChI=1S/C39H32F3N5O/c1-43-22-30(24-45(2)38(26-11-6-4-7-12-26)27-13-8-5-9-14-27)29-18-20-36-44-23-35(47(36)25-29)28-17-19-31(33(41)21-28)39(48)46(3)34-16-10-15-32(40)37(34)42/h4-25,38H,1-3H3/b30-24+,43-22?. The van der Waals surface area contributed by atoms with E-state index in [4.69, 9.17) is 0 Å². The zero-order valence-electron chi connectivity index (χ0n) is 26.6. The Labute approximate surface area is 276 Å². The minimum atomic E-state index is -1.18. The summed E-state index contributed by atoms with van der Waals surface area (Å²) in [5.41, 5.74) is 5.12. The van der Waals surface area contributed by atoms with Crippen LogP contribution in [0.2, 0.25) is 0 Å². The van der Waals surface area contributed by atoms with Gasteiger partial charge in [-0.3, -0.25) is 14.2 Å². The average molecular weight is 644 g/mol. The fourth-order valence-corrected chi connectivity index (χ4v) is 5.80. The van der Waals surface area contributed by atoms with Crippen molar-refractivity contribution in [2.24, 2.45) is 4.99 Å². The van der Waals surface area contributed by atoms with E-state index in [1.165, 1.54) is 31.3 Å². The monoisotopic (exact) mass is 643 g/mol. The van der Waals surface area contributed by atoms with E-state index >= 15 is 4.39 Å². The number of hydrogen-bond donors (Lipinski definition) is 0. The molecule has 48 heavy (non-hydrogen) atoms. The number of imidazole rings is 1. The van der Waals surface area contributed by atoms with Gasteiger partial charge in [-0.25, -0.2) is 18.2 Å². The highest BCUT2D eigenvalue weighted by Crippen LogP contribution is 2.31. The molecule has 0 bridgehead atoms. The highest BCUT2D eigenvalue weighted by molar-refractivity contribution is 6.09. The van der Waals surface area contributed by atoms with Crippen molar-refractivity contribution in [3.63, 3.8) is 0 Å². The molecule has 0 atom stereocenters. The van der Waals surface area contributed by atoms with Gasteiger partial charge >= 0.3 is 0 Å². The first-order valence-electron chi connectivity index (χ1n) is 15.2. The zero-order chi connectivity index (χ0) is 33.8. The lowest BCUT2D eigenvalue weighted by Crippen LogP contribution is -2.28. The Hall–Kier alpha value is -5.96. The number of aromatic nitrogens is 2. The lowest BCUT2D eigenvalue weighted by atomic mass is 9.97. The number of fused-ring (bicyclic) bond motifs is 1.